The maximum absolute atomic E-state index is 13.4. The Morgan fingerprint density at radius 1 is 1.03 bits per heavy atom. The van der Waals surface area contributed by atoms with E-state index in [2.05, 4.69) is 0 Å². The molecule has 0 saturated carbocycles. The fraction of sp³-hybridized carbons (Fsp3) is 0.462. The summed E-state index contributed by atoms with van der Waals surface area (Å²) in [6.07, 6.45) is -9.78. The molecule has 4 rings (SSSR count). The number of aliphatic hydroxyl groups excluding tert-OH is 5. The minimum absolute atomic E-state index is 0.117. The number of ether oxygens (including phenoxy) is 2. The number of esters is 1. The number of aliphatic hydroxyl groups is 6. The Morgan fingerprint density at radius 2 is 1.68 bits per heavy atom. The summed E-state index contributed by atoms with van der Waals surface area (Å²) in [5.74, 6) is -3.63. The van der Waals surface area contributed by atoms with Gasteiger partial charge in [-0.1, -0.05) is 12.1 Å². The third-order valence-corrected chi connectivity index (χ3v) is 7.28. The van der Waals surface area contributed by atoms with Crippen molar-refractivity contribution in [2.75, 3.05) is 6.61 Å². The van der Waals surface area contributed by atoms with Crippen LogP contribution >= 0.6 is 0 Å². The molecule has 2 aliphatic rings. The van der Waals surface area contributed by atoms with Crippen LogP contribution in [-0.2, 0) is 26.5 Å². The van der Waals surface area contributed by atoms with Crippen LogP contribution in [0.3, 0.4) is 0 Å². The molecular weight excluding hydrogens is 504 g/mol. The standard InChI is InChI=1S/C26H30O12/c1-10(11(2)28)25(35)37-9-12-6-14-19(16(30)7-12)21(32)18-13(4-3-5-15(18)29)26(14,36)24-23(34)22(33)20(31)17(8-27)38-24/h3-7,10-11,17,20,22-24,27-31,33-34,36H,8-9H2,1-2H3/t10-,11+,17-,20-,22+,23-,24-,26-/m1/s1. The van der Waals surface area contributed by atoms with Crippen LogP contribution in [0.15, 0.2) is 30.3 Å². The Hall–Kier alpha value is -3.10. The zero-order chi connectivity index (χ0) is 28.1. The predicted octanol–water partition coefficient (Wildman–Crippen LogP) is -1.22. The van der Waals surface area contributed by atoms with Crippen molar-refractivity contribution in [1.82, 2.24) is 0 Å². The molecule has 0 unspecified atom stereocenters. The smallest absolute Gasteiger partial charge is 0.311 e. The number of phenols is 2. The highest BCUT2D eigenvalue weighted by atomic mass is 16.6. The van der Waals surface area contributed by atoms with Gasteiger partial charge in [-0.3, -0.25) is 9.59 Å². The van der Waals surface area contributed by atoms with Crippen molar-refractivity contribution in [3.8, 4) is 11.5 Å². The number of fused-ring (bicyclic) bond motifs is 2. The van der Waals surface area contributed by atoms with E-state index in [4.69, 9.17) is 9.47 Å². The first-order chi connectivity index (χ1) is 17.8. The third-order valence-electron chi connectivity index (χ3n) is 7.28. The van der Waals surface area contributed by atoms with Crippen molar-refractivity contribution < 1.29 is 59.9 Å². The number of ketones is 1. The monoisotopic (exact) mass is 534 g/mol. The van der Waals surface area contributed by atoms with E-state index < -0.39 is 90.2 Å². The predicted molar refractivity (Wildman–Crippen MR) is 127 cm³/mol. The van der Waals surface area contributed by atoms with Crippen LogP contribution in [0.5, 0.6) is 11.5 Å². The molecule has 0 amide bonds. The molecule has 0 aromatic heterocycles. The summed E-state index contributed by atoms with van der Waals surface area (Å²) >= 11 is 0. The second-order valence-corrected chi connectivity index (χ2v) is 9.72. The molecule has 8 atom stereocenters. The largest absolute Gasteiger partial charge is 0.507 e. The fourth-order valence-electron chi connectivity index (χ4n) is 4.91. The average molecular weight is 535 g/mol. The van der Waals surface area contributed by atoms with E-state index in [-0.39, 0.29) is 22.3 Å². The number of phenolic OH excluding ortho intramolecular Hbond substituents is 2. The number of benzene rings is 2. The molecule has 12 nitrogen and oxygen atoms in total. The molecule has 8 N–H and O–H groups in total. The Balaban J connectivity index is 1.88. The van der Waals surface area contributed by atoms with Gasteiger partial charge in [0.1, 0.15) is 54.2 Å². The van der Waals surface area contributed by atoms with Gasteiger partial charge in [0.2, 0.25) is 5.78 Å². The van der Waals surface area contributed by atoms with Crippen LogP contribution in [0, 0.1) is 5.92 Å². The molecule has 1 aliphatic carbocycles. The molecule has 1 fully saturated rings. The van der Waals surface area contributed by atoms with E-state index in [0.717, 1.165) is 6.07 Å². The lowest BCUT2D eigenvalue weighted by Crippen LogP contribution is -2.65. The van der Waals surface area contributed by atoms with Crippen molar-refractivity contribution in [3.05, 3.63) is 58.1 Å². The molecule has 1 saturated heterocycles. The zero-order valence-corrected chi connectivity index (χ0v) is 20.6. The summed E-state index contributed by atoms with van der Waals surface area (Å²) < 4.78 is 10.9. The van der Waals surface area contributed by atoms with Crippen molar-refractivity contribution >= 4 is 11.8 Å². The zero-order valence-electron chi connectivity index (χ0n) is 20.6. The Morgan fingerprint density at radius 3 is 2.32 bits per heavy atom. The van der Waals surface area contributed by atoms with Crippen LogP contribution in [0.4, 0.5) is 0 Å². The van der Waals surface area contributed by atoms with Crippen LogP contribution in [-0.4, -0.2) is 95.8 Å². The van der Waals surface area contributed by atoms with Gasteiger partial charge in [-0.15, -0.1) is 0 Å². The summed E-state index contributed by atoms with van der Waals surface area (Å²) in [4.78, 5) is 25.6. The van der Waals surface area contributed by atoms with Gasteiger partial charge in [0, 0.05) is 11.1 Å². The molecule has 12 heteroatoms. The number of aromatic hydroxyl groups is 2. The lowest BCUT2D eigenvalue weighted by Gasteiger charge is -2.49. The van der Waals surface area contributed by atoms with E-state index in [1.54, 1.807) is 0 Å². The number of hydrogen-bond donors (Lipinski definition) is 8. The average Bonchev–Trinajstić information content (AvgIpc) is 2.88. The lowest BCUT2D eigenvalue weighted by molar-refractivity contribution is -0.265. The van der Waals surface area contributed by atoms with Gasteiger partial charge < -0.3 is 50.3 Å². The van der Waals surface area contributed by atoms with Crippen LogP contribution in [0.1, 0.15) is 46.5 Å². The quantitative estimate of drug-likeness (QED) is 0.205. The SMILES string of the molecule is C[C@H](O)[C@@H](C)C(=O)OCc1cc(O)c2c(c1)[C@@](O)([C@@H]1O[C@H](CO)[C@@H](O)[C@H](O)[C@H]1O)c1cccc(O)c1C2=O. The number of carbonyl (C=O) groups is 2. The van der Waals surface area contributed by atoms with Crippen molar-refractivity contribution in [3.63, 3.8) is 0 Å². The number of carbonyl (C=O) groups excluding carboxylic acids is 2. The van der Waals surface area contributed by atoms with Crippen LogP contribution < -0.4 is 0 Å². The summed E-state index contributed by atoms with van der Waals surface area (Å²) in [7, 11) is 0. The molecule has 206 valence electrons. The van der Waals surface area contributed by atoms with E-state index in [1.165, 1.54) is 38.1 Å². The van der Waals surface area contributed by atoms with E-state index in [1.807, 2.05) is 0 Å². The van der Waals surface area contributed by atoms with Crippen molar-refractivity contribution in [2.24, 2.45) is 5.92 Å². The van der Waals surface area contributed by atoms with Crippen LogP contribution in [0.2, 0.25) is 0 Å². The van der Waals surface area contributed by atoms with E-state index >= 15 is 0 Å². The van der Waals surface area contributed by atoms with Gasteiger partial charge in [0.25, 0.3) is 0 Å². The maximum Gasteiger partial charge on any atom is 0.311 e. The highest BCUT2D eigenvalue weighted by molar-refractivity contribution is 6.16. The number of rotatable bonds is 6. The fourth-order valence-corrected chi connectivity index (χ4v) is 4.91. The van der Waals surface area contributed by atoms with Gasteiger partial charge in [0.05, 0.1) is 29.8 Å². The Bertz CT molecular complexity index is 1240. The van der Waals surface area contributed by atoms with Crippen molar-refractivity contribution in [1.29, 1.82) is 0 Å². The number of hydrogen-bond acceptors (Lipinski definition) is 12. The molecule has 0 spiro atoms. The maximum atomic E-state index is 13.4. The summed E-state index contributed by atoms with van der Waals surface area (Å²) in [5.41, 5.74) is -3.75. The minimum Gasteiger partial charge on any atom is -0.507 e. The molecule has 1 heterocycles. The lowest BCUT2D eigenvalue weighted by atomic mass is 9.68. The first kappa shape index (κ1) is 27.9. The highest BCUT2D eigenvalue weighted by Gasteiger charge is 2.58. The Labute approximate surface area is 216 Å². The van der Waals surface area contributed by atoms with Gasteiger partial charge in [-0.25, -0.2) is 0 Å². The topological polar surface area (TPSA) is 214 Å². The third kappa shape index (κ3) is 4.33. The summed E-state index contributed by atoms with van der Waals surface area (Å²) in [6.45, 7) is 1.65. The van der Waals surface area contributed by atoms with E-state index in [9.17, 15) is 50.4 Å². The molecule has 38 heavy (non-hydrogen) atoms. The Kier molecular flexibility index (Phi) is 7.51. The van der Waals surface area contributed by atoms with Crippen LogP contribution in [0.25, 0.3) is 0 Å². The van der Waals surface area contributed by atoms with Crippen molar-refractivity contribution in [2.45, 2.75) is 62.7 Å². The molecular formula is C26H30O12. The summed E-state index contributed by atoms with van der Waals surface area (Å²) in [5, 5.41) is 84.4. The molecule has 1 aliphatic heterocycles. The van der Waals surface area contributed by atoms with Gasteiger partial charge >= 0.3 is 5.97 Å². The van der Waals surface area contributed by atoms with Gasteiger partial charge in [0.15, 0.2) is 0 Å². The minimum atomic E-state index is -2.52. The molecule has 2 aromatic carbocycles. The molecule has 2 aromatic rings. The first-order valence-electron chi connectivity index (χ1n) is 12.0. The summed E-state index contributed by atoms with van der Waals surface area (Å²) in [6, 6.07) is 6.15. The second kappa shape index (κ2) is 10.2. The second-order valence-electron chi connectivity index (χ2n) is 9.72. The first-order valence-corrected chi connectivity index (χ1v) is 12.0. The molecule has 0 radical (unpaired) electrons. The highest BCUT2D eigenvalue weighted by Crippen LogP contribution is 2.50. The van der Waals surface area contributed by atoms with Gasteiger partial charge in [-0.2, -0.15) is 0 Å². The molecule has 0 bridgehead atoms. The van der Waals surface area contributed by atoms with Gasteiger partial charge in [-0.05, 0) is 37.6 Å². The normalized spacial score (nSPS) is 30.2. The van der Waals surface area contributed by atoms with E-state index in [0.29, 0.717) is 0 Å².